The number of rotatable bonds is 6. The number of nitrogens with zero attached hydrogens (tertiary/aromatic N) is 3. The van der Waals surface area contributed by atoms with Crippen LogP contribution in [0.3, 0.4) is 0 Å². The number of thiazole rings is 1. The number of amides is 1. The van der Waals surface area contributed by atoms with Crippen molar-refractivity contribution < 1.29 is 4.79 Å². The van der Waals surface area contributed by atoms with E-state index >= 15 is 0 Å². The number of hydrogen-bond acceptors (Lipinski definition) is 5. The molecule has 6 heteroatoms. The summed E-state index contributed by atoms with van der Waals surface area (Å²) in [5.74, 6) is -0.0336. The zero-order valence-electron chi connectivity index (χ0n) is 12.6. The predicted octanol–water partition coefficient (Wildman–Crippen LogP) is 2.94. The summed E-state index contributed by atoms with van der Waals surface area (Å²) in [4.78, 5) is 23.7. The summed E-state index contributed by atoms with van der Waals surface area (Å²) in [5.41, 5.74) is 1.35. The molecule has 0 aliphatic heterocycles. The van der Waals surface area contributed by atoms with E-state index in [1.54, 1.807) is 28.5 Å². The number of carbonyl (C=O) groups is 1. The summed E-state index contributed by atoms with van der Waals surface area (Å²) < 4.78 is 0. The van der Waals surface area contributed by atoms with Gasteiger partial charge in [-0.1, -0.05) is 0 Å². The van der Waals surface area contributed by atoms with E-state index in [9.17, 15) is 4.79 Å². The van der Waals surface area contributed by atoms with Gasteiger partial charge in [-0.15, -0.1) is 11.3 Å². The van der Waals surface area contributed by atoms with Crippen molar-refractivity contribution in [3.8, 4) is 0 Å². The molecule has 0 aliphatic rings. The molecule has 0 aromatic carbocycles. The summed E-state index contributed by atoms with van der Waals surface area (Å²) in [5, 5.41) is 4.31. The minimum atomic E-state index is -0.0336. The van der Waals surface area contributed by atoms with Crippen LogP contribution in [-0.4, -0.2) is 33.9 Å². The minimum absolute atomic E-state index is 0.0336. The van der Waals surface area contributed by atoms with E-state index in [2.05, 4.69) is 15.3 Å². The molecule has 0 atom stereocenters. The number of carbonyl (C=O) groups excluding carboxylic acids is 1. The van der Waals surface area contributed by atoms with Crippen molar-refractivity contribution in [1.82, 2.24) is 14.9 Å². The molecule has 0 unspecified atom stereocenters. The summed E-state index contributed by atoms with van der Waals surface area (Å²) in [6.45, 7) is 8.00. The highest BCUT2D eigenvalue weighted by molar-refractivity contribution is 7.11. The van der Waals surface area contributed by atoms with Crippen molar-refractivity contribution in [2.24, 2.45) is 0 Å². The van der Waals surface area contributed by atoms with Crippen molar-refractivity contribution in [2.45, 2.75) is 27.3 Å². The fourth-order valence-electron chi connectivity index (χ4n) is 1.99. The maximum absolute atomic E-state index is 12.3. The molecule has 1 amide bonds. The SMILES string of the molecule is CCN(CC)C(=O)c1cc(NCc2ncc(C)s2)ccn1. The molecule has 0 radical (unpaired) electrons. The first-order chi connectivity index (χ1) is 10.1. The highest BCUT2D eigenvalue weighted by Gasteiger charge is 2.14. The van der Waals surface area contributed by atoms with Crippen LogP contribution in [0.5, 0.6) is 0 Å². The minimum Gasteiger partial charge on any atom is -0.378 e. The van der Waals surface area contributed by atoms with E-state index < -0.39 is 0 Å². The molecule has 2 rings (SSSR count). The Morgan fingerprint density at radius 3 is 2.71 bits per heavy atom. The van der Waals surface area contributed by atoms with Crippen LogP contribution in [0.15, 0.2) is 24.5 Å². The van der Waals surface area contributed by atoms with Crippen molar-refractivity contribution in [2.75, 3.05) is 18.4 Å². The summed E-state index contributed by atoms with van der Waals surface area (Å²) in [6.07, 6.45) is 3.52. The third-order valence-electron chi connectivity index (χ3n) is 3.14. The van der Waals surface area contributed by atoms with Gasteiger partial charge in [0, 0.05) is 36.0 Å². The largest absolute Gasteiger partial charge is 0.378 e. The molecule has 0 aliphatic carbocycles. The van der Waals surface area contributed by atoms with Gasteiger partial charge in [0.1, 0.15) is 10.7 Å². The van der Waals surface area contributed by atoms with Gasteiger partial charge in [0.15, 0.2) is 0 Å². The first-order valence-corrected chi connectivity index (χ1v) is 7.86. The Hall–Kier alpha value is -1.95. The smallest absolute Gasteiger partial charge is 0.272 e. The highest BCUT2D eigenvalue weighted by Crippen LogP contribution is 2.15. The lowest BCUT2D eigenvalue weighted by Crippen LogP contribution is -2.31. The van der Waals surface area contributed by atoms with Gasteiger partial charge in [0.2, 0.25) is 0 Å². The maximum atomic E-state index is 12.3. The fourth-order valence-corrected chi connectivity index (χ4v) is 2.72. The Morgan fingerprint density at radius 1 is 1.33 bits per heavy atom. The van der Waals surface area contributed by atoms with Gasteiger partial charge in [0.25, 0.3) is 5.91 Å². The average molecular weight is 304 g/mol. The highest BCUT2D eigenvalue weighted by atomic mass is 32.1. The Bertz CT molecular complexity index is 607. The molecule has 21 heavy (non-hydrogen) atoms. The summed E-state index contributed by atoms with van der Waals surface area (Å²) in [6, 6.07) is 3.65. The van der Waals surface area contributed by atoms with Crippen LogP contribution in [-0.2, 0) is 6.54 Å². The molecule has 2 heterocycles. The van der Waals surface area contributed by atoms with E-state index in [1.807, 2.05) is 33.0 Å². The van der Waals surface area contributed by atoms with Gasteiger partial charge in [-0.3, -0.25) is 9.78 Å². The Labute approximate surface area is 129 Å². The second-order valence-electron chi connectivity index (χ2n) is 4.63. The first-order valence-electron chi connectivity index (χ1n) is 7.04. The van der Waals surface area contributed by atoms with Gasteiger partial charge < -0.3 is 10.2 Å². The molecule has 2 aromatic heterocycles. The van der Waals surface area contributed by atoms with E-state index in [1.165, 1.54) is 4.88 Å². The zero-order valence-corrected chi connectivity index (χ0v) is 13.4. The Kier molecular flexibility index (Phi) is 5.27. The summed E-state index contributed by atoms with van der Waals surface area (Å²) in [7, 11) is 0. The summed E-state index contributed by atoms with van der Waals surface area (Å²) >= 11 is 1.67. The third kappa shape index (κ3) is 4.01. The van der Waals surface area contributed by atoms with Crippen LogP contribution in [0.25, 0.3) is 0 Å². The molecule has 5 nitrogen and oxygen atoms in total. The molecular formula is C15H20N4OS. The number of nitrogens with one attached hydrogen (secondary N) is 1. The normalized spacial score (nSPS) is 10.4. The van der Waals surface area contributed by atoms with Gasteiger partial charge in [0.05, 0.1) is 6.54 Å². The van der Waals surface area contributed by atoms with E-state index in [0.717, 1.165) is 10.7 Å². The van der Waals surface area contributed by atoms with Gasteiger partial charge >= 0.3 is 0 Å². The number of pyridine rings is 1. The van der Waals surface area contributed by atoms with Crippen molar-refractivity contribution in [3.63, 3.8) is 0 Å². The number of aromatic nitrogens is 2. The lowest BCUT2D eigenvalue weighted by molar-refractivity contribution is 0.0767. The van der Waals surface area contributed by atoms with Crippen LogP contribution in [0.4, 0.5) is 5.69 Å². The monoisotopic (exact) mass is 304 g/mol. The van der Waals surface area contributed by atoms with Crippen molar-refractivity contribution >= 4 is 22.9 Å². The predicted molar refractivity (Wildman–Crippen MR) is 85.7 cm³/mol. The second kappa shape index (κ2) is 7.17. The van der Waals surface area contributed by atoms with Gasteiger partial charge in [-0.2, -0.15) is 0 Å². The molecule has 1 N–H and O–H groups in total. The Morgan fingerprint density at radius 2 is 2.10 bits per heavy atom. The van der Waals surface area contributed by atoms with Crippen LogP contribution >= 0.6 is 11.3 Å². The first kappa shape index (κ1) is 15.4. The van der Waals surface area contributed by atoms with Crippen LogP contribution in [0.2, 0.25) is 0 Å². The van der Waals surface area contributed by atoms with Gasteiger partial charge in [-0.25, -0.2) is 4.98 Å². The molecule has 112 valence electrons. The molecular weight excluding hydrogens is 284 g/mol. The molecule has 0 bridgehead atoms. The standard InChI is InChI=1S/C15H20N4OS/c1-4-19(5-2)15(20)13-8-12(6-7-16-13)17-10-14-18-9-11(3)21-14/h6-9H,4-5,10H2,1-3H3,(H,16,17). The second-order valence-corrected chi connectivity index (χ2v) is 5.94. The average Bonchev–Trinajstić information content (AvgIpc) is 2.92. The zero-order chi connectivity index (χ0) is 15.2. The topological polar surface area (TPSA) is 58.1 Å². The van der Waals surface area contributed by atoms with Crippen molar-refractivity contribution in [3.05, 3.63) is 40.1 Å². The van der Waals surface area contributed by atoms with E-state index in [4.69, 9.17) is 0 Å². The molecule has 0 saturated heterocycles. The molecule has 0 fully saturated rings. The van der Waals surface area contributed by atoms with Crippen LogP contribution in [0.1, 0.15) is 34.2 Å². The lowest BCUT2D eigenvalue weighted by Gasteiger charge is -2.18. The van der Waals surface area contributed by atoms with E-state index in [0.29, 0.717) is 25.3 Å². The Balaban J connectivity index is 2.05. The molecule has 0 spiro atoms. The van der Waals surface area contributed by atoms with Crippen molar-refractivity contribution in [1.29, 1.82) is 0 Å². The third-order valence-corrected chi connectivity index (χ3v) is 4.06. The van der Waals surface area contributed by atoms with Gasteiger partial charge in [-0.05, 0) is 32.9 Å². The molecule has 2 aromatic rings. The van der Waals surface area contributed by atoms with Crippen LogP contribution < -0.4 is 5.32 Å². The van der Waals surface area contributed by atoms with Crippen LogP contribution in [0, 0.1) is 6.92 Å². The number of anilines is 1. The fraction of sp³-hybridized carbons (Fsp3) is 0.400. The number of hydrogen-bond donors (Lipinski definition) is 1. The maximum Gasteiger partial charge on any atom is 0.272 e. The molecule has 0 saturated carbocycles. The van der Waals surface area contributed by atoms with E-state index in [-0.39, 0.29) is 5.91 Å². The quantitative estimate of drug-likeness (QED) is 0.891. The lowest BCUT2D eigenvalue weighted by atomic mass is 10.2. The number of aryl methyl sites for hydroxylation is 1.